The molecular weight excluding hydrogens is 526 g/mol. The Bertz CT molecular complexity index is 1270. The van der Waals surface area contributed by atoms with Crippen LogP contribution in [0.1, 0.15) is 56.2 Å². The number of esters is 1. The standard InChI is InChI=1S/C26H28BrN5O4/c1-16-22(25(33)36-19-11-7-4-8-12-19)23(32-26(28-16)29-30-31-32)18-13-20(27)24(21(14-18)34-2)35-15-17-9-5-3-6-10-17/h3,5-6,9-10,13-14,19,23H,4,7-8,11-12,15H2,1-2H3,(H,28,29,31). The zero-order valence-corrected chi connectivity index (χ0v) is 21.8. The van der Waals surface area contributed by atoms with E-state index in [0.717, 1.165) is 36.8 Å². The third kappa shape index (κ3) is 4.95. The van der Waals surface area contributed by atoms with Crippen LogP contribution in [0.3, 0.4) is 0 Å². The summed E-state index contributed by atoms with van der Waals surface area (Å²) in [4.78, 5) is 13.5. The first kappa shape index (κ1) is 24.3. The zero-order chi connectivity index (χ0) is 25.1. The minimum Gasteiger partial charge on any atom is -0.493 e. The lowest BCUT2D eigenvalue weighted by atomic mass is 9.94. The first-order valence-electron chi connectivity index (χ1n) is 12.1. The molecule has 36 heavy (non-hydrogen) atoms. The summed E-state index contributed by atoms with van der Waals surface area (Å²) in [6.45, 7) is 2.23. The average Bonchev–Trinajstić information content (AvgIpc) is 3.36. The molecule has 1 saturated carbocycles. The monoisotopic (exact) mass is 553 g/mol. The highest BCUT2D eigenvalue weighted by atomic mass is 79.9. The van der Waals surface area contributed by atoms with Crippen molar-refractivity contribution < 1.29 is 19.0 Å². The molecule has 1 aliphatic carbocycles. The molecule has 2 aliphatic rings. The molecule has 1 aliphatic heterocycles. The number of benzene rings is 2. The van der Waals surface area contributed by atoms with Crippen LogP contribution in [0.5, 0.6) is 11.5 Å². The molecule has 1 atom stereocenters. The lowest BCUT2D eigenvalue weighted by Crippen LogP contribution is -2.32. The Morgan fingerprint density at radius 3 is 2.69 bits per heavy atom. The first-order chi connectivity index (χ1) is 17.5. The number of halogens is 1. The topological polar surface area (TPSA) is 100 Å². The quantitative estimate of drug-likeness (QED) is 0.399. The van der Waals surface area contributed by atoms with Crippen molar-refractivity contribution in [3.8, 4) is 11.5 Å². The van der Waals surface area contributed by atoms with Crippen molar-refractivity contribution in [2.24, 2.45) is 0 Å². The highest BCUT2D eigenvalue weighted by molar-refractivity contribution is 9.10. The Hall–Kier alpha value is -3.40. The SMILES string of the molecule is COc1cc(C2C(C(=O)OC3CCCCC3)=C(C)Nc3nnnn32)cc(Br)c1OCc1ccccc1. The van der Waals surface area contributed by atoms with E-state index in [1.54, 1.807) is 11.8 Å². The fourth-order valence-electron chi connectivity index (χ4n) is 4.75. The highest BCUT2D eigenvalue weighted by Crippen LogP contribution is 2.43. The van der Waals surface area contributed by atoms with Crippen molar-refractivity contribution in [2.45, 2.75) is 57.8 Å². The van der Waals surface area contributed by atoms with Crippen LogP contribution in [-0.2, 0) is 16.1 Å². The molecule has 2 aromatic carbocycles. The summed E-state index contributed by atoms with van der Waals surface area (Å²) in [5.74, 6) is 1.19. The van der Waals surface area contributed by atoms with E-state index in [0.29, 0.717) is 39.8 Å². The normalized spacial score (nSPS) is 17.8. The molecule has 3 aromatic rings. The van der Waals surface area contributed by atoms with Gasteiger partial charge in [-0.3, -0.25) is 0 Å². The molecule has 1 N–H and O–H groups in total. The van der Waals surface area contributed by atoms with Crippen molar-refractivity contribution >= 4 is 27.8 Å². The Morgan fingerprint density at radius 2 is 1.94 bits per heavy atom. The third-order valence-electron chi connectivity index (χ3n) is 6.55. The van der Waals surface area contributed by atoms with Gasteiger partial charge in [-0.05, 0) is 82.2 Å². The fourth-order valence-corrected chi connectivity index (χ4v) is 5.32. The number of aromatic nitrogens is 4. The second kappa shape index (κ2) is 10.7. The van der Waals surface area contributed by atoms with Crippen LogP contribution < -0.4 is 14.8 Å². The summed E-state index contributed by atoms with van der Waals surface area (Å²) in [5.41, 5.74) is 2.92. The Balaban J connectivity index is 1.49. The smallest absolute Gasteiger partial charge is 0.338 e. The summed E-state index contributed by atoms with van der Waals surface area (Å²) in [6.07, 6.45) is 5.03. The van der Waals surface area contributed by atoms with Crippen molar-refractivity contribution in [3.63, 3.8) is 0 Å². The van der Waals surface area contributed by atoms with Crippen LogP contribution in [0.4, 0.5) is 5.95 Å². The number of ether oxygens (including phenoxy) is 3. The lowest BCUT2D eigenvalue weighted by Gasteiger charge is -2.30. The number of nitrogens with zero attached hydrogens (tertiary/aromatic N) is 4. The summed E-state index contributed by atoms with van der Waals surface area (Å²) < 4.78 is 20.0. The zero-order valence-electron chi connectivity index (χ0n) is 20.2. The van der Waals surface area contributed by atoms with Gasteiger partial charge in [-0.15, -0.1) is 0 Å². The van der Waals surface area contributed by atoms with E-state index in [2.05, 4.69) is 36.8 Å². The van der Waals surface area contributed by atoms with E-state index in [1.807, 2.05) is 49.4 Å². The number of fused-ring (bicyclic) bond motifs is 1. The number of allylic oxidation sites excluding steroid dienone is 1. The van der Waals surface area contributed by atoms with Gasteiger partial charge >= 0.3 is 5.97 Å². The van der Waals surface area contributed by atoms with Crippen molar-refractivity contribution in [1.82, 2.24) is 20.2 Å². The maximum Gasteiger partial charge on any atom is 0.338 e. The molecular formula is C26H28BrN5O4. The molecule has 9 nitrogen and oxygen atoms in total. The second-order valence-electron chi connectivity index (χ2n) is 8.99. The van der Waals surface area contributed by atoms with Gasteiger partial charge in [0, 0.05) is 5.70 Å². The number of hydrogen-bond donors (Lipinski definition) is 1. The predicted molar refractivity (Wildman–Crippen MR) is 137 cm³/mol. The maximum absolute atomic E-state index is 13.5. The molecule has 0 radical (unpaired) electrons. The Labute approximate surface area is 217 Å². The Kier molecular flexibility index (Phi) is 7.22. The van der Waals surface area contributed by atoms with Gasteiger partial charge in [-0.1, -0.05) is 41.9 Å². The van der Waals surface area contributed by atoms with E-state index in [1.165, 1.54) is 6.42 Å². The third-order valence-corrected chi connectivity index (χ3v) is 7.14. The van der Waals surface area contributed by atoms with E-state index >= 15 is 0 Å². The van der Waals surface area contributed by atoms with Crippen molar-refractivity contribution in [3.05, 3.63) is 69.3 Å². The predicted octanol–water partition coefficient (Wildman–Crippen LogP) is 5.19. The lowest BCUT2D eigenvalue weighted by molar-refractivity contribution is -0.146. The fraction of sp³-hybridized carbons (Fsp3) is 0.385. The minimum absolute atomic E-state index is 0.0718. The summed E-state index contributed by atoms with van der Waals surface area (Å²) in [5, 5.41) is 15.2. The number of nitrogens with one attached hydrogen (secondary N) is 1. The van der Waals surface area contributed by atoms with E-state index in [4.69, 9.17) is 14.2 Å². The summed E-state index contributed by atoms with van der Waals surface area (Å²) in [6, 6.07) is 13.1. The molecule has 10 heteroatoms. The summed E-state index contributed by atoms with van der Waals surface area (Å²) in [7, 11) is 1.59. The number of carbonyl (C=O) groups is 1. The molecule has 0 bridgehead atoms. The molecule has 5 rings (SSSR count). The van der Waals surface area contributed by atoms with Crippen LogP contribution in [0.15, 0.2) is 58.2 Å². The van der Waals surface area contributed by atoms with E-state index in [9.17, 15) is 4.79 Å². The van der Waals surface area contributed by atoms with Crippen LogP contribution >= 0.6 is 15.9 Å². The van der Waals surface area contributed by atoms with Crippen molar-refractivity contribution in [1.29, 1.82) is 0 Å². The average molecular weight is 554 g/mol. The maximum atomic E-state index is 13.5. The molecule has 0 amide bonds. The van der Waals surface area contributed by atoms with Gasteiger partial charge in [0.1, 0.15) is 18.8 Å². The van der Waals surface area contributed by atoms with Gasteiger partial charge in [0.25, 0.3) is 0 Å². The highest BCUT2D eigenvalue weighted by Gasteiger charge is 2.37. The number of rotatable bonds is 7. The van der Waals surface area contributed by atoms with Crippen LogP contribution in [0.25, 0.3) is 0 Å². The number of carbonyl (C=O) groups excluding carboxylic acids is 1. The van der Waals surface area contributed by atoms with Gasteiger partial charge < -0.3 is 19.5 Å². The summed E-state index contributed by atoms with van der Waals surface area (Å²) >= 11 is 3.65. The molecule has 1 aromatic heterocycles. The molecule has 0 spiro atoms. The van der Waals surface area contributed by atoms with Gasteiger partial charge in [0.2, 0.25) is 5.95 Å². The number of tetrazole rings is 1. The van der Waals surface area contributed by atoms with Crippen LogP contribution in [0, 0.1) is 0 Å². The second-order valence-corrected chi connectivity index (χ2v) is 9.84. The van der Waals surface area contributed by atoms with E-state index < -0.39 is 6.04 Å². The first-order valence-corrected chi connectivity index (χ1v) is 12.8. The largest absolute Gasteiger partial charge is 0.493 e. The molecule has 0 saturated heterocycles. The van der Waals surface area contributed by atoms with Crippen molar-refractivity contribution in [2.75, 3.05) is 12.4 Å². The van der Waals surface area contributed by atoms with Gasteiger partial charge in [0.15, 0.2) is 11.5 Å². The molecule has 1 unspecified atom stereocenters. The molecule has 2 heterocycles. The van der Waals surface area contributed by atoms with Crippen LogP contribution in [0.2, 0.25) is 0 Å². The number of methoxy groups -OCH3 is 1. The number of anilines is 1. The van der Waals surface area contributed by atoms with Gasteiger partial charge in [-0.25, -0.2) is 4.79 Å². The minimum atomic E-state index is -0.597. The number of hydrogen-bond acceptors (Lipinski definition) is 8. The molecule has 1 fully saturated rings. The van der Waals surface area contributed by atoms with Gasteiger partial charge in [0.05, 0.1) is 17.2 Å². The van der Waals surface area contributed by atoms with E-state index in [-0.39, 0.29) is 12.1 Å². The Morgan fingerprint density at radius 1 is 1.17 bits per heavy atom. The van der Waals surface area contributed by atoms with Gasteiger partial charge in [-0.2, -0.15) is 4.68 Å². The molecule has 188 valence electrons. The van der Waals surface area contributed by atoms with Crippen LogP contribution in [-0.4, -0.2) is 39.4 Å².